The van der Waals surface area contributed by atoms with Gasteiger partial charge >= 0.3 is 0 Å². The standard InChI is InChI=1S/C16H26N2O/c1-5-19-15-8-6-14(7-9-15)18-10-13(2)17-11-16(3,4)12-18/h6-9,13,17H,5,10-12H2,1-4H3. The van der Waals surface area contributed by atoms with Crippen LogP contribution < -0.4 is 15.0 Å². The predicted molar refractivity (Wildman–Crippen MR) is 81.1 cm³/mol. The lowest BCUT2D eigenvalue weighted by Crippen LogP contribution is -2.35. The van der Waals surface area contributed by atoms with Gasteiger partial charge in [-0.1, -0.05) is 13.8 Å². The lowest BCUT2D eigenvalue weighted by atomic mass is 9.93. The van der Waals surface area contributed by atoms with Crippen LogP contribution in [0.2, 0.25) is 0 Å². The maximum atomic E-state index is 5.50. The van der Waals surface area contributed by atoms with Crippen molar-refractivity contribution >= 4 is 5.69 Å². The first kappa shape index (κ1) is 14.2. The predicted octanol–water partition coefficient (Wildman–Crippen LogP) is 2.91. The molecular formula is C16H26N2O. The summed E-state index contributed by atoms with van der Waals surface area (Å²) in [5.74, 6) is 0.950. The third-order valence-corrected chi connectivity index (χ3v) is 3.56. The molecule has 1 heterocycles. The molecule has 1 saturated heterocycles. The van der Waals surface area contributed by atoms with E-state index in [1.54, 1.807) is 0 Å². The number of nitrogens with one attached hydrogen (secondary N) is 1. The highest BCUT2D eigenvalue weighted by Gasteiger charge is 2.27. The normalized spacial score (nSPS) is 22.9. The fourth-order valence-electron chi connectivity index (χ4n) is 2.60. The van der Waals surface area contributed by atoms with Gasteiger partial charge in [-0.2, -0.15) is 0 Å². The molecule has 3 heteroatoms. The Morgan fingerprint density at radius 2 is 2.00 bits per heavy atom. The number of hydrogen-bond donors (Lipinski definition) is 1. The van der Waals surface area contributed by atoms with Gasteiger partial charge in [-0.3, -0.25) is 0 Å². The first-order chi connectivity index (χ1) is 9.00. The van der Waals surface area contributed by atoms with Crippen LogP contribution in [0.5, 0.6) is 5.75 Å². The van der Waals surface area contributed by atoms with E-state index in [1.807, 2.05) is 6.92 Å². The summed E-state index contributed by atoms with van der Waals surface area (Å²) in [5.41, 5.74) is 1.58. The highest BCUT2D eigenvalue weighted by atomic mass is 16.5. The number of ether oxygens (including phenoxy) is 1. The second-order valence-corrected chi connectivity index (χ2v) is 6.25. The number of hydrogen-bond acceptors (Lipinski definition) is 3. The van der Waals surface area contributed by atoms with Crippen LogP contribution in [0.1, 0.15) is 27.7 Å². The van der Waals surface area contributed by atoms with Gasteiger partial charge in [-0.25, -0.2) is 0 Å². The van der Waals surface area contributed by atoms with Crippen molar-refractivity contribution in [3.63, 3.8) is 0 Å². The molecule has 0 saturated carbocycles. The van der Waals surface area contributed by atoms with Crippen LogP contribution in [0.4, 0.5) is 5.69 Å². The van der Waals surface area contributed by atoms with Crippen LogP contribution in [0, 0.1) is 5.41 Å². The summed E-state index contributed by atoms with van der Waals surface area (Å²) >= 11 is 0. The van der Waals surface area contributed by atoms with Gasteiger partial charge in [-0.15, -0.1) is 0 Å². The van der Waals surface area contributed by atoms with Crippen molar-refractivity contribution < 1.29 is 4.74 Å². The summed E-state index contributed by atoms with van der Waals surface area (Å²) in [6.45, 7) is 12.8. The van der Waals surface area contributed by atoms with Crippen molar-refractivity contribution in [3.05, 3.63) is 24.3 Å². The quantitative estimate of drug-likeness (QED) is 0.906. The Hall–Kier alpha value is -1.22. The fraction of sp³-hybridized carbons (Fsp3) is 0.625. The van der Waals surface area contributed by atoms with E-state index in [0.29, 0.717) is 11.5 Å². The second kappa shape index (κ2) is 5.83. The Bertz CT molecular complexity index is 400. The van der Waals surface area contributed by atoms with Crippen molar-refractivity contribution in [1.29, 1.82) is 0 Å². The zero-order valence-electron chi connectivity index (χ0n) is 12.6. The molecule has 0 radical (unpaired) electrons. The number of benzene rings is 1. The molecule has 1 aromatic carbocycles. The third kappa shape index (κ3) is 3.87. The molecule has 1 unspecified atom stereocenters. The van der Waals surface area contributed by atoms with Crippen molar-refractivity contribution in [1.82, 2.24) is 5.32 Å². The Kier molecular flexibility index (Phi) is 4.35. The molecule has 0 aliphatic carbocycles. The summed E-state index contributed by atoms with van der Waals surface area (Å²) in [7, 11) is 0. The average molecular weight is 262 g/mol. The molecule has 0 bridgehead atoms. The van der Waals surface area contributed by atoms with E-state index in [4.69, 9.17) is 4.74 Å². The molecule has 1 N–H and O–H groups in total. The Labute approximate surface area is 116 Å². The van der Waals surface area contributed by atoms with E-state index in [-0.39, 0.29) is 0 Å². The molecule has 1 aromatic rings. The van der Waals surface area contributed by atoms with Gasteiger partial charge in [-0.05, 0) is 43.5 Å². The van der Waals surface area contributed by atoms with Gasteiger partial charge in [0.25, 0.3) is 0 Å². The number of anilines is 1. The first-order valence-corrected chi connectivity index (χ1v) is 7.21. The number of rotatable bonds is 3. The van der Waals surface area contributed by atoms with E-state index in [9.17, 15) is 0 Å². The topological polar surface area (TPSA) is 24.5 Å². The van der Waals surface area contributed by atoms with Crippen LogP contribution in [0.3, 0.4) is 0 Å². The average Bonchev–Trinajstić information content (AvgIpc) is 2.50. The van der Waals surface area contributed by atoms with E-state index >= 15 is 0 Å². The minimum absolute atomic E-state index is 0.295. The monoisotopic (exact) mass is 262 g/mol. The smallest absolute Gasteiger partial charge is 0.119 e. The van der Waals surface area contributed by atoms with E-state index in [2.05, 4.69) is 55.3 Å². The first-order valence-electron chi connectivity index (χ1n) is 7.21. The second-order valence-electron chi connectivity index (χ2n) is 6.25. The number of nitrogens with zero attached hydrogens (tertiary/aromatic N) is 1. The van der Waals surface area contributed by atoms with E-state index in [1.165, 1.54) is 5.69 Å². The SMILES string of the molecule is CCOc1ccc(N2CC(C)NCC(C)(C)C2)cc1. The van der Waals surface area contributed by atoms with Crippen molar-refractivity contribution in [2.75, 3.05) is 31.1 Å². The molecule has 1 atom stereocenters. The molecular weight excluding hydrogens is 236 g/mol. The lowest BCUT2D eigenvalue weighted by Gasteiger charge is -2.31. The van der Waals surface area contributed by atoms with Crippen LogP contribution in [-0.2, 0) is 0 Å². The van der Waals surface area contributed by atoms with Gasteiger partial charge in [0.15, 0.2) is 0 Å². The molecule has 2 rings (SSSR count). The molecule has 1 aliphatic rings. The molecule has 0 spiro atoms. The van der Waals surface area contributed by atoms with Crippen LogP contribution in [0.25, 0.3) is 0 Å². The van der Waals surface area contributed by atoms with Gasteiger partial charge in [0.05, 0.1) is 6.61 Å². The highest BCUT2D eigenvalue weighted by molar-refractivity contribution is 5.49. The summed E-state index contributed by atoms with van der Waals surface area (Å²) in [6, 6.07) is 8.98. The summed E-state index contributed by atoms with van der Waals surface area (Å²) in [5, 5.41) is 3.60. The molecule has 3 nitrogen and oxygen atoms in total. The Balaban J connectivity index is 2.14. The third-order valence-electron chi connectivity index (χ3n) is 3.56. The molecule has 1 aliphatic heterocycles. The summed E-state index contributed by atoms with van der Waals surface area (Å²) < 4.78 is 5.50. The minimum atomic E-state index is 0.295. The maximum Gasteiger partial charge on any atom is 0.119 e. The zero-order valence-corrected chi connectivity index (χ0v) is 12.6. The van der Waals surface area contributed by atoms with Crippen molar-refractivity contribution in [2.45, 2.75) is 33.7 Å². The van der Waals surface area contributed by atoms with Crippen LogP contribution in [0.15, 0.2) is 24.3 Å². The van der Waals surface area contributed by atoms with E-state index in [0.717, 1.165) is 32.0 Å². The van der Waals surface area contributed by atoms with Gasteiger partial charge in [0.2, 0.25) is 0 Å². The van der Waals surface area contributed by atoms with Crippen molar-refractivity contribution in [3.8, 4) is 5.75 Å². The van der Waals surface area contributed by atoms with Crippen LogP contribution >= 0.6 is 0 Å². The molecule has 0 aromatic heterocycles. The molecule has 1 fully saturated rings. The fourth-order valence-corrected chi connectivity index (χ4v) is 2.60. The molecule has 0 amide bonds. The lowest BCUT2D eigenvalue weighted by molar-refractivity contribution is 0.340. The minimum Gasteiger partial charge on any atom is -0.494 e. The Morgan fingerprint density at radius 1 is 1.32 bits per heavy atom. The largest absolute Gasteiger partial charge is 0.494 e. The van der Waals surface area contributed by atoms with Gasteiger partial charge < -0.3 is 15.0 Å². The van der Waals surface area contributed by atoms with Crippen LogP contribution in [-0.4, -0.2) is 32.3 Å². The van der Waals surface area contributed by atoms with Crippen molar-refractivity contribution in [2.24, 2.45) is 5.41 Å². The van der Waals surface area contributed by atoms with Gasteiger partial charge in [0, 0.05) is 31.4 Å². The Morgan fingerprint density at radius 3 is 2.63 bits per heavy atom. The molecule has 19 heavy (non-hydrogen) atoms. The summed E-state index contributed by atoms with van der Waals surface area (Å²) in [6.07, 6.45) is 0. The van der Waals surface area contributed by atoms with E-state index < -0.39 is 0 Å². The summed E-state index contributed by atoms with van der Waals surface area (Å²) in [4.78, 5) is 2.47. The zero-order chi connectivity index (χ0) is 13.9. The highest BCUT2D eigenvalue weighted by Crippen LogP contribution is 2.26. The van der Waals surface area contributed by atoms with Gasteiger partial charge in [0.1, 0.15) is 5.75 Å². The maximum absolute atomic E-state index is 5.50. The molecule has 106 valence electrons.